The van der Waals surface area contributed by atoms with Gasteiger partial charge < -0.3 is 9.47 Å². The molecule has 1 aromatic carbocycles. The molecule has 0 saturated carbocycles. The number of carbonyl (C=O) groups excluding carboxylic acids is 2. The third kappa shape index (κ3) is 6.37. The molecule has 0 N–H and O–H groups in total. The summed E-state index contributed by atoms with van der Waals surface area (Å²) in [6, 6.07) is 3.96. The third-order valence-electron chi connectivity index (χ3n) is 4.61. The van der Waals surface area contributed by atoms with E-state index in [9.17, 15) is 9.59 Å². The maximum absolute atomic E-state index is 11.5. The Morgan fingerprint density at radius 3 is 2.44 bits per heavy atom. The van der Waals surface area contributed by atoms with Crippen molar-refractivity contribution in [1.82, 2.24) is 0 Å². The molecule has 0 aliphatic rings. The van der Waals surface area contributed by atoms with Crippen LogP contribution in [0.3, 0.4) is 0 Å². The lowest BCUT2D eigenvalue weighted by atomic mass is 9.83. The molecule has 0 spiro atoms. The van der Waals surface area contributed by atoms with Gasteiger partial charge >= 0.3 is 5.97 Å². The quantitative estimate of drug-likeness (QED) is 0.374. The van der Waals surface area contributed by atoms with Crippen LogP contribution in [0, 0.1) is 18.8 Å². The van der Waals surface area contributed by atoms with E-state index in [2.05, 4.69) is 24.7 Å². The average Bonchev–Trinajstić information content (AvgIpc) is 2.57. The highest BCUT2D eigenvalue weighted by atomic mass is 16.5. The van der Waals surface area contributed by atoms with E-state index in [1.165, 1.54) is 7.11 Å². The fraction of sp³-hybridized carbons (Fsp3) is 0.524. The first kappa shape index (κ1) is 20.9. The average molecular weight is 346 g/mol. The molecule has 0 aromatic heterocycles. The van der Waals surface area contributed by atoms with Crippen LogP contribution in [-0.4, -0.2) is 26.5 Å². The van der Waals surface area contributed by atoms with Gasteiger partial charge in [-0.3, -0.25) is 4.79 Å². The summed E-state index contributed by atoms with van der Waals surface area (Å²) in [6.45, 7) is 8.34. The molecule has 1 aromatic rings. The molecule has 0 amide bonds. The number of carbonyl (C=O) groups is 2. The van der Waals surface area contributed by atoms with Crippen LogP contribution in [0.1, 0.15) is 55.1 Å². The van der Waals surface area contributed by atoms with E-state index in [1.54, 1.807) is 13.2 Å². The molecule has 138 valence electrons. The molecule has 0 aliphatic carbocycles. The summed E-state index contributed by atoms with van der Waals surface area (Å²) in [4.78, 5) is 22.9. The van der Waals surface area contributed by atoms with Gasteiger partial charge in [0.05, 0.1) is 19.8 Å². The minimum atomic E-state index is -0.315. The predicted molar refractivity (Wildman–Crippen MR) is 100 cm³/mol. The van der Waals surface area contributed by atoms with E-state index in [0.717, 1.165) is 42.2 Å². The van der Waals surface area contributed by atoms with Gasteiger partial charge in [-0.25, -0.2) is 4.79 Å². The van der Waals surface area contributed by atoms with Crippen molar-refractivity contribution in [2.24, 2.45) is 11.8 Å². The van der Waals surface area contributed by atoms with Crippen LogP contribution in [0.4, 0.5) is 0 Å². The zero-order valence-electron chi connectivity index (χ0n) is 16.2. The highest BCUT2D eigenvalue weighted by Gasteiger charge is 2.18. The van der Waals surface area contributed by atoms with Gasteiger partial charge in [0.2, 0.25) is 0 Å². The molecule has 0 saturated heterocycles. The Kier molecular flexibility index (Phi) is 8.39. The number of allylic oxidation sites excluding steroid dienone is 1. The van der Waals surface area contributed by atoms with E-state index >= 15 is 0 Å². The summed E-state index contributed by atoms with van der Waals surface area (Å²) < 4.78 is 10.0. The van der Waals surface area contributed by atoms with Crippen LogP contribution in [0.2, 0.25) is 0 Å². The Morgan fingerprint density at radius 1 is 1.24 bits per heavy atom. The van der Waals surface area contributed by atoms with Gasteiger partial charge in [0.25, 0.3) is 0 Å². The highest BCUT2D eigenvalue weighted by molar-refractivity contribution is 5.82. The number of aryl methyl sites for hydroxylation is 1. The second kappa shape index (κ2) is 10.0. The molecule has 0 bridgehead atoms. The van der Waals surface area contributed by atoms with Crippen LogP contribution in [-0.2, 0) is 16.0 Å². The summed E-state index contributed by atoms with van der Waals surface area (Å²) in [5, 5.41) is 0. The van der Waals surface area contributed by atoms with Gasteiger partial charge in [-0.05, 0) is 62.1 Å². The lowest BCUT2D eigenvalue weighted by Crippen LogP contribution is -2.14. The number of hydrogen-bond acceptors (Lipinski definition) is 4. The van der Waals surface area contributed by atoms with Crippen molar-refractivity contribution in [3.05, 3.63) is 40.5 Å². The van der Waals surface area contributed by atoms with Gasteiger partial charge in [-0.15, -0.1) is 0 Å². The molecule has 1 atom stereocenters. The molecule has 25 heavy (non-hydrogen) atoms. The smallest absolute Gasteiger partial charge is 0.330 e. The lowest BCUT2D eigenvalue weighted by molar-refractivity contribution is -0.134. The van der Waals surface area contributed by atoms with E-state index < -0.39 is 0 Å². The van der Waals surface area contributed by atoms with E-state index in [-0.39, 0.29) is 5.97 Å². The zero-order chi connectivity index (χ0) is 19.0. The van der Waals surface area contributed by atoms with Gasteiger partial charge in [0.1, 0.15) is 5.75 Å². The minimum absolute atomic E-state index is 0.315. The van der Waals surface area contributed by atoms with Crippen LogP contribution in [0.5, 0.6) is 5.75 Å². The normalized spacial score (nSPS) is 12.8. The summed E-state index contributed by atoms with van der Waals surface area (Å²) in [6.07, 6.45) is 5.02. The Morgan fingerprint density at radius 2 is 1.92 bits per heavy atom. The Bertz CT molecular complexity index is 629. The number of aldehydes is 1. The number of methoxy groups -OCH3 is 2. The van der Waals surface area contributed by atoms with Crippen molar-refractivity contribution in [3.8, 4) is 5.75 Å². The Labute approximate surface area is 151 Å². The van der Waals surface area contributed by atoms with Crippen molar-refractivity contribution in [2.75, 3.05) is 14.2 Å². The molecule has 4 nitrogen and oxygen atoms in total. The van der Waals surface area contributed by atoms with Gasteiger partial charge in [-0.1, -0.05) is 25.5 Å². The largest absolute Gasteiger partial charge is 0.496 e. The van der Waals surface area contributed by atoms with Crippen LogP contribution in [0.25, 0.3) is 0 Å². The van der Waals surface area contributed by atoms with Crippen molar-refractivity contribution in [1.29, 1.82) is 0 Å². The second-order valence-corrected chi connectivity index (χ2v) is 6.92. The molecular weight excluding hydrogens is 316 g/mol. The fourth-order valence-electron chi connectivity index (χ4n) is 3.01. The second-order valence-electron chi connectivity index (χ2n) is 6.92. The van der Waals surface area contributed by atoms with Crippen molar-refractivity contribution >= 4 is 12.3 Å². The first-order valence-corrected chi connectivity index (χ1v) is 8.70. The fourth-order valence-corrected chi connectivity index (χ4v) is 3.01. The van der Waals surface area contributed by atoms with Crippen molar-refractivity contribution < 1.29 is 19.1 Å². The van der Waals surface area contributed by atoms with E-state index in [1.807, 2.05) is 19.9 Å². The first-order chi connectivity index (χ1) is 11.8. The maximum Gasteiger partial charge on any atom is 0.330 e. The molecule has 4 heteroatoms. The number of ether oxygens (including phenoxy) is 2. The number of esters is 1. The highest BCUT2D eigenvalue weighted by Crippen LogP contribution is 2.29. The number of benzene rings is 1. The molecule has 0 aliphatic heterocycles. The predicted octanol–water partition coefficient (Wildman–Crippen LogP) is 4.53. The van der Waals surface area contributed by atoms with Gasteiger partial charge in [-0.2, -0.15) is 0 Å². The molecule has 0 fully saturated rings. The van der Waals surface area contributed by atoms with Crippen molar-refractivity contribution in [3.63, 3.8) is 0 Å². The van der Waals surface area contributed by atoms with Crippen LogP contribution < -0.4 is 4.74 Å². The standard InChI is InChI=1S/C21H30O4/c1-14(2)17(8-7-15(3)11-21(23)25-6)12-18-9-16(4)10-20(24-5)19(18)13-22/h9-11,13-14,17H,7-8,12H2,1-6H3/b15-11+. The molecule has 0 heterocycles. The van der Waals surface area contributed by atoms with Crippen LogP contribution >= 0.6 is 0 Å². The minimum Gasteiger partial charge on any atom is -0.496 e. The SMILES string of the molecule is COC(=O)/C=C(\C)CCC(Cc1cc(C)cc(OC)c1C=O)C(C)C. The van der Waals surface area contributed by atoms with E-state index in [0.29, 0.717) is 23.1 Å². The zero-order valence-corrected chi connectivity index (χ0v) is 16.2. The van der Waals surface area contributed by atoms with Gasteiger partial charge in [0, 0.05) is 6.08 Å². The Hall–Kier alpha value is -2.10. The number of hydrogen-bond donors (Lipinski definition) is 0. The topological polar surface area (TPSA) is 52.6 Å². The van der Waals surface area contributed by atoms with Crippen molar-refractivity contribution in [2.45, 2.75) is 47.0 Å². The Balaban J connectivity index is 2.96. The first-order valence-electron chi connectivity index (χ1n) is 8.70. The monoisotopic (exact) mass is 346 g/mol. The summed E-state index contributed by atoms with van der Waals surface area (Å²) in [5.74, 6) is 1.20. The lowest BCUT2D eigenvalue weighted by Gasteiger charge is -2.23. The van der Waals surface area contributed by atoms with Crippen LogP contribution in [0.15, 0.2) is 23.8 Å². The third-order valence-corrected chi connectivity index (χ3v) is 4.61. The summed E-state index contributed by atoms with van der Waals surface area (Å²) in [7, 11) is 2.97. The number of rotatable bonds is 9. The van der Waals surface area contributed by atoms with E-state index in [4.69, 9.17) is 4.74 Å². The summed E-state index contributed by atoms with van der Waals surface area (Å²) >= 11 is 0. The molecule has 1 rings (SSSR count). The molecular formula is C21H30O4. The molecule has 0 radical (unpaired) electrons. The molecule has 1 unspecified atom stereocenters. The van der Waals surface area contributed by atoms with Gasteiger partial charge in [0.15, 0.2) is 6.29 Å². The maximum atomic E-state index is 11.5. The summed E-state index contributed by atoms with van der Waals surface area (Å²) in [5.41, 5.74) is 3.76.